The predicted molar refractivity (Wildman–Crippen MR) is 56.9 cm³/mol. The molecule has 0 aliphatic carbocycles. The van der Waals surface area contributed by atoms with Crippen molar-refractivity contribution in [3.63, 3.8) is 0 Å². The van der Waals surface area contributed by atoms with Gasteiger partial charge in [0, 0.05) is 28.9 Å². The molecule has 0 spiro atoms. The lowest BCUT2D eigenvalue weighted by Gasteiger charge is -2.10. The van der Waals surface area contributed by atoms with Crippen LogP contribution in [0.5, 0.6) is 0 Å². The van der Waals surface area contributed by atoms with Crippen molar-refractivity contribution in [2.75, 3.05) is 17.3 Å². The van der Waals surface area contributed by atoms with Crippen LogP contribution in [-0.4, -0.2) is 31.0 Å². The Labute approximate surface area is 88.5 Å². The average molecular weight is 240 g/mol. The van der Waals surface area contributed by atoms with E-state index < -0.39 is 10.8 Å². The molecule has 1 aromatic rings. The summed E-state index contributed by atoms with van der Waals surface area (Å²) in [7, 11) is -0.814. The zero-order valence-corrected chi connectivity index (χ0v) is 9.67. The summed E-state index contributed by atoms with van der Waals surface area (Å²) in [4.78, 5) is 0. The monoisotopic (exact) mass is 239 g/mol. The summed E-state index contributed by atoms with van der Waals surface area (Å²) in [6.07, 6.45) is 1.67. The van der Waals surface area contributed by atoms with Gasteiger partial charge in [-0.05, 0) is 6.92 Å². The lowest BCUT2D eigenvalue weighted by molar-refractivity contribution is 0.683. The van der Waals surface area contributed by atoms with Gasteiger partial charge in [0.25, 0.3) is 0 Å². The van der Waals surface area contributed by atoms with Crippen LogP contribution < -0.4 is 5.32 Å². The van der Waals surface area contributed by atoms with E-state index in [1.54, 1.807) is 6.26 Å². The molecule has 2 unspecified atom stereocenters. The van der Waals surface area contributed by atoms with Crippen LogP contribution in [-0.2, 0) is 10.8 Å². The maximum absolute atomic E-state index is 10.9. The van der Waals surface area contributed by atoms with E-state index in [0.717, 1.165) is 11.7 Å². The molecule has 4 nitrogen and oxygen atoms in total. The lowest BCUT2D eigenvalue weighted by Crippen LogP contribution is -2.22. The predicted octanol–water partition coefficient (Wildman–Crippen LogP) is 1.37. The first-order chi connectivity index (χ1) is 6.09. The lowest BCUT2D eigenvalue weighted by atomic mass is 10.4. The van der Waals surface area contributed by atoms with Gasteiger partial charge in [-0.25, -0.2) is 0 Å². The summed E-state index contributed by atoms with van der Waals surface area (Å²) >= 11 is 6.78. The third-order valence-corrected chi connectivity index (χ3v) is 3.18. The summed E-state index contributed by atoms with van der Waals surface area (Å²) in [6.45, 7) is 1.93. The van der Waals surface area contributed by atoms with Gasteiger partial charge in [0.2, 0.25) is 0 Å². The average Bonchev–Trinajstić information content (AvgIpc) is 2.34. The number of nitrogens with zero attached hydrogens (tertiary/aromatic N) is 2. The number of rotatable bonds is 4. The highest BCUT2D eigenvalue weighted by Crippen LogP contribution is 2.18. The van der Waals surface area contributed by atoms with Crippen molar-refractivity contribution >= 4 is 39.9 Å². The third kappa shape index (κ3) is 3.58. The van der Waals surface area contributed by atoms with Crippen molar-refractivity contribution in [1.29, 1.82) is 0 Å². The summed E-state index contributed by atoms with van der Waals surface area (Å²) in [5.74, 6) is 1.15. The van der Waals surface area contributed by atoms with Gasteiger partial charge in [-0.15, -0.1) is 0 Å². The minimum absolute atomic E-state index is 0.0900. The van der Waals surface area contributed by atoms with E-state index in [0.29, 0.717) is 16.7 Å². The van der Waals surface area contributed by atoms with E-state index in [-0.39, 0.29) is 6.04 Å². The topological polar surface area (TPSA) is 54.9 Å². The minimum atomic E-state index is -0.814. The van der Waals surface area contributed by atoms with Crippen LogP contribution in [0.15, 0.2) is 0 Å². The first-order valence-electron chi connectivity index (χ1n) is 3.64. The largest absolute Gasteiger partial charge is 0.363 e. The summed E-state index contributed by atoms with van der Waals surface area (Å²) in [5.41, 5.74) is 0. The zero-order valence-electron chi connectivity index (χ0n) is 7.28. The van der Waals surface area contributed by atoms with E-state index in [9.17, 15) is 4.21 Å². The SMILES string of the molecule is CC(CS(C)=O)Nc1nsnc1Cl. The number of nitrogens with one attached hydrogen (secondary N) is 1. The molecule has 0 aliphatic rings. The molecule has 0 aliphatic heterocycles. The van der Waals surface area contributed by atoms with E-state index >= 15 is 0 Å². The second kappa shape index (κ2) is 4.88. The highest BCUT2D eigenvalue weighted by atomic mass is 35.5. The summed E-state index contributed by atoms with van der Waals surface area (Å²) in [6, 6.07) is 0.0900. The van der Waals surface area contributed by atoms with Crippen LogP contribution in [0.1, 0.15) is 6.92 Å². The van der Waals surface area contributed by atoms with Crippen molar-refractivity contribution in [1.82, 2.24) is 8.75 Å². The molecule has 7 heteroatoms. The fraction of sp³-hybridized carbons (Fsp3) is 0.667. The van der Waals surface area contributed by atoms with Crippen LogP contribution in [0.3, 0.4) is 0 Å². The van der Waals surface area contributed by atoms with Gasteiger partial charge >= 0.3 is 0 Å². The number of halogens is 1. The van der Waals surface area contributed by atoms with Gasteiger partial charge in [-0.1, -0.05) is 11.6 Å². The van der Waals surface area contributed by atoms with Crippen molar-refractivity contribution in [2.45, 2.75) is 13.0 Å². The van der Waals surface area contributed by atoms with Crippen LogP contribution in [0, 0.1) is 0 Å². The molecule has 1 aromatic heterocycles. The van der Waals surface area contributed by atoms with Gasteiger partial charge in [0.05, 0.1) is 11.7 Å². The number of anilines is 1. The van der Waals surface area contributed by atoms with E-state index in [1.807, 2.05) is 6.92 Å². The van der Waals surface area contributed by atoms with Gasteiger partial charge in [0.15, 0.2) is 11.0 Å². The molecule has 0 amide bonds. The van der Waals surface area contributed by atoms with E-state index in [4.69, 9.17) is 11.6 Å². The fourth-order valence-corrected chi connectivity index (χ4v) is 2.34. The quantitative estimate of drug-likeness (QED) is 0.863. The Morgan fingerprint density at radius 2 is 2.38 bits per heavy atom. The molecule has 1 N–H and O–H groups in total. The molecule has 1 heterocycles. The van der Waals surface area contributed by atoms with Crippen molar-refractivity contribution in [3.8, 4) is 0 Å². The van der Waals surface area contributed by atoms with Crippen LogP contribution in [0.25, 0.3) is 0 Å². The van der Waals surface area contributed by atoms with Crippen LogP contribution in [0.4, 0.5) is 5.82 Å². The minimum Gasteiger partial charge on any atom is -0.363 e. The second-order valence-corrected chi connectivity index (χ2v) is 5.06. The van der Waals surface area contributed by atoms with Crippen LogP contribution in [0.2, 0.25) is 5.15 Å². The first kappa shape index (κ1) is 10.9. The maximum atomic E-state index is 10.9. The molecule has 0 saturated heterocycles. The maximum Gasteiger partial charge on any atom is 0.186 e. The first-order valence-corrected chi connectivity index (χ1v) is 6.47. The molecule has 0 saturated carbocycles. The van der Waals surface area contributed by atoms with Gasteiger partial charge in [-0.2, -0.15) is 8.75 Å². The number of hydrogen-bond acceptors (Lipinski definition) is 5. The Balaban J connectivity index is 2.49. The molecular weight excluding hydrogens is 230 g/mol. The Kier molecular flexibility index (Phi) is 4.08. The summed E-state index contributed by atoms with van der Waals surface area (Å²) in [5, 5.41) is 3.41. The molecule has 1 rings (SSSR count). The molecule has 2 atom stereocenters. The Bertz CT molecular complexity index is 304. The third-order valence-electron chi connectivity index (χ3n) is 1.32. The molecule has 74 valence electrons. The molecule has 13 heavy (non-hydrogen) atoms. The zero-order chi connectivity index (χ0) is 9.84. The Morgan fingerprint density at radius 1 is 1.69 bits per heavy atom. The normalized spacial score (nSPS) is 15.3. The fourth-order valence-electron chi connectivity index (χ4n) is 0.891. The smallest absolute Gasteiger partial charge is 0.186 e. The number of hydrogen-bond donors (Lipinski definition) is 1. The highest BCUT2D eigenvalue weighted by molar-refractivity contribution is 7.84. The molecular formula is C6H10ClN3OS2. The standard InChI is InChI=1S/C6H10ClN3OS2/c1-4(3-13(2)11)8-6-5(7)9-12-10-6/h4H,3H2,1-2H3,(H,8,10). The van der Waals surface area contributed by atoms with Crippen molar-refractivity contribution in [3.05, 3.63) is 5.15 Å². The van der Waals surface area contributed by atoms with E-state index in [1.165, 1.54) is 0 Å². The summed E-state index contributed by atoms with van der Waals surface area (Å²) < 4.78 is 18.6. The van der Waals surface area contributed by atoms with Crippen molar-refractivity contribution in [2.24, 2.45) is 0 Å². The van der Waals surface area contributed by atoms with Gasteiger partial charge in [0.1, 0.15) is 0 Å². The molecule has 0 bridgehead atoms. The Hall–Kier alpha value is -0.200. The van der Waals surface area contributed by atoms with Crippen LogP contribution >= 0.6 is 23.3 Å². The molecule has 0 radical (unpaired) electrons. The molecule has 0 aromatic carbocycles. The van der Waals surface area contributed by atoms with Gasteiger partial charge < -0.3 is 5.32 Å². The Morgan fingerprint density at radius 3 is 2.85 bits per heavy atom. The molecule has 0 fully saturated rings. The van der Waals surface area contributed by atoms with Crippen molar-refractivity contribution < 1.29 is 4.21 Å². The van der Waals surface area contributed by atoms with Gasteiger partial charge in [-0.3, -0.25) is 4.21 Å². The highest BCUT2D eigenvalue weighted by Gasteiger charge is 2.09. The second-order valence-electron chi connectivity index (χ2n) is 2.69. The van der Waals surface area contributed by atoms with E-state index in [2.05, 4.69) is 14.1 Å². The number of aromatic nitrogens is 2.